The summed E-state index contributed by atoms with van der Waals surface area (Å²) < 4.78 is 1.79. The van der Waals surface area contributed by atoms with Crippen molar-refractivity contribution >= 4 is 11.5 Å². The van der Waals surface area contributed by atoms with E-state index in [9.17, 15) is 5.11 Å². The van der Waals surface area contributed by atoms with Crippen LogP contribution >= 0.6 is 0 Å². The minimum absolute atomic E-state index is 0.164. The van der Waals surface area contributed by atoms with Gasteiger partial charge in [-0.3, -0.25) is 4.68 Å². The summed E-state index contributed by atoms with van der Waals surface area (Å²) in [6.45, 7) is 2.82. The molecule has 1 saturated carbocycles. The Kier molecular flexibility index (Phi) is 3.57. The fourth-order valence-corrected chi connectivity index (χ4v) is 2.55. The standard InChI is InChI=1S/C12H22N4O/c1-3-9-11(13)12(16(2)15-9)14-7-8-5-4-6-10(8)17/h8,10,14,17H,3-7,13H2,1-2H3. The zero-order valence-electron chi connectivity index (χ0n) is 10.6. The van der Waals surface area contributed by atoms with Crippen molar-refractivity contribution in [2.75, 3.05) is 17.6 Å². The fourth-order valence-electron chi connectivity index (χ4n) is 2.55. The van der Waals surface area contributed by atoms with Crippen molar-refractivity contribution in [3.05, 3.63) is 5.69 Å². The van der Waals surface area contributed by atoms with Crippen LogP contribution in [0, 0.1) is 5.92 Å². The molecule has 0 aliphatic heterocycles. The summed E-state index contributed by atoms with van der Waals surface area (Å²) in [5.74, 6) is 1.22. The molecule has 0 amide bonds. The number of aromatic nitrogens is 2. The molecule has 17 heavy (non-hydrogen) atoms. The maximum absolute atomic E-state index is 9.76. The van der Waals surface area contributed by atoms with Crippen LogP contribution in [0.15, 0.2) is 0 Å². The highest BCUT2D eigenvalue weighted by molar-refractivity contribution is 5.65. The molecule has 0 spiro atoms. The molecule has 2 unspecified atom stereocenters. The molecule has 1 aliphatic carbocycles. The lowest BCUT2D eigenvalue weighted by atomic mass is 10.1. The number of nitrogens with one attached hydrogen (secondary N) is 1. The third kappa shape index (κ3) is 2.39. The van der Waals surface area contributed by atoms with Crippen molar-refractivity contribution in [3.8, 4) is 0 Å². The third-order valence-electron chi connectivity index (χ3n) is 3.65. The number of nitrogen functional groups attached to an aromatic ring is 1. The van der Waals surface area contributed by atoms with E-state index < -0.39 is 0 Å². The molecule has 4 N–H and O–H groups in total. The van der Waals surface area contributed by atoms with Crippen LogP contribution in [0.1, 0.15) is 31.9 Å². The first kappa shape index (κ1) is 12.2. The Morgan fingerprint density at radius 1 is 1.53 bits per heavy atom. The van der Waals surface area contributed by atoms with Crippen molar-refractivity contribution in [3.63, 3.8) is 0 Å². The summed E-state index contributed by atoms with van der Waals surface area (Å²) in [5, 5.41) is 17.4. The van der Waals surface area contributed by atoms with Gasteiger partial charge in [0.1, 0.15) is 5.82 Å². The van der Waals surface area contributed by atoms with Crippen molar-refractivity contribution in [2.24, 2.45) is 13.0 Å². The second-order valence-corrected chi connectivity index (χ2v) is 4.83. The van der Waals surface area contributed by atoms with Gasteiger partial charge in [0.25, 0.3) is 0 Å². The van der Waals surface area contributed by atoms with Gasteiger partial charge in [0, 0.05) is 19.5 Å². The smallest absolute Gasteiger partial charge is 0.147 e. The predicted molar refractivity (Wildman–Crippen MR) is 68.8 cm³/mol. The van der Waals surface area contributed by atoms with E-state index in [1.54, 1.807) is 4.68 Å². The lowest BCUT2D eigenvalue weighted by Crippen LogP contribution is -2.23. The Bertz CT molecular complexity index is 388. The maximum Gasteiger partial charge on any atom is 0.147 e. The molecule has 5 heteroatoms. The molecule has 0 bridgehead atoms. The molecule has 5 nitrogen and oxygen atoms in total. The van der Waals surface area contributed by atoms with E-state index in [0.717, 1.165) is 49.4 Å². The normalized spacial score (nSPS) is 24.2. The van der Waals surface area contributed by atoms with Crippen LogP contribution in [0.5, 0.6) is 0 Å². The number of rotatable bonds is 4. The van der Waals surface area contributed by atoms with Gasteiger partial charge >= 0.3 is 0 Å². The zero-order chi connectivity index (χ0) is 12.4. The van der Waals surface area contributed by atoms with Crippen molar-refractivity contribution in [2.45, 2.75) is 38.7 Å². The molecule has 2 rings (SSSR count). The Balaban J connectivity index is 2.01. The van der Waals surface area contributed by atoms with Crippen LogP contribution in [0.2, 0.25) is 0 Å². The van der Waals surface area contributed by atoms with Crippen LogP contribution in [-0.4, -0.2) is 27.5 Å². The van der Waals surface area contributed by atoms with Gasteiger partial charge in [-0.05, 0) is 19.3 Å². The molecule has 0 radical (unpaired) electrons. The highest BCUT2D eigenvalue weighted by Crippen LogP contribution is 2.27. The van der Waals surface area contributed by atoms with Crippen LogP contribution < -0.4 is 11.1 Å². The number of nitrogens with two attached hydrogens (primary N) is 1. The topological polar surface area (TPSA) is 76.1 Å². The number of aliphatic hydroxyl groups excluding tert-OH is 1. The Morgan fingerprint density at radius 3 is 2.82 bits per heavy atom. The quantitative estimate of drug-likeness (QED) is 0.735. The second kappa shape index (κ2) is 4.96. The molecule has 1 fully saturated rings. The van der Waals surface area contributed by atoms with E-state index in [0.29, 0.717) is 5.92 Å². The molecular weight excluding hydrogens is 216 g/mol. The maximum atomic E-state index is 9.76. The number of nitrogens with zero attached hydrogens (tertiary/aromatic N) is 2. The number of anilines is 2. The van der Waals surface area contributed by atoms with Gasteiger partial charge in [0.15, 0.2) is 0 Å². The van der Waals surface area contributed by atoms with Gasteiger partial charge in [-0.2, -0.15) is 5.10 Å². The van der Waals surface area contributed by atoms with Crippen LogP contribution in [-0.2, 0) is 13.5 Å². The second-order valence-electron chi connectivity index (χ2n) is 4.83. The molecular formula is C12H22N4O. The molecule has 0 aromatic carbocycles. The van der Waals surface area contributed by atoms with Gasteiger partial charge in [-0.15, -0.1) is 0 Å². The summed E-state index contributed by atoms with van der Waals surface area (Å²) in [5.41, 5.74) is 7.70. The first-order valence-electron chi connectivity index (χ1n) is 6.36. The fraction of sp³-hybridized carbons (Fsp3) is 0.750. The monoisotopic (exact) mass is 238 g/mol. The first-order valence-corrected chi connectivity index (χ1v) is 6.36. The summed E-state index contributed by atoms with van der Waals surface area (Å²) in [7, 11) is 1.89. The highest BCUT2D eigenvalue weighted by atomic mass is 16.3. The van der Waals surface area contributed by atoms with Gasteiger partial charge in [-0.25, -0.2) is 0 Å². The minimum atomic E-state index is -0.164. The van der Waals surface area contributed by atoms with Crippen LogP contribution in [0.4, 0.5) is 11.5 Å². The lowest BCUT2D eigenvalue weighted by Gasteiger charge is -2.16. The predicted octanol–water partition coefficient (Wildman–Crippen LogP) is 1.14. The Morgan fingerprint density at radius 2 is 2.29 bits per heavy atom. The zero-order valence-corrected chi connectivity index (χ0v) is 10.6. The first-order chi connectivity index (χ1) is 8.13. The van der Waals surface area contributed by atoms with E-state index in [2.05, 4.69) is 10.4 Å². The SMILES string of the molecule is CCc1nn(C)c(NCC2CCCC2O)c1N. The van der Waals surface area contributed by atoms with Gasteiger partial charge in [0.05, 0.1) is 17.5 Å². The molecule has 1 aromatic rings. The summed E-state index contributed by atoms with van der Waals surface area (Å²) in [6.07, 6.45) is 3.81. The average Bonchev–Trinajstić information content (AvgIpc) is 2.82. The van der Waals surface area contributed by atoms with E-state index in [4.69, 9.17) is 5.73 Å². The largest absolute Gasteiger partial charge is 0.394 e. The van der Waals surface area contributed by atoms with Gasteiger partial charge in [0.2, 0.25) is 0 Å². The van der Waals surface area contributed by atoms with Crippen molar-refractivity contribution in [1.29, 1.82) is 0 Å². The molecule has 0 saturated heterocycles. The number of aryl methyl sites for hydroxylation is 2. The lowest BCUT2D eigenvalue weighted by molar-refractivity contribution is 0.138. The average molecular weight is 238 g/mol. The van der Waals surface area contributed by atoms with Crippen LogP contribution in [0.3, 0.4) is 0 Å². The molecule has 2 atom stereocenters. The summed E-state index contributed by atoms with van der Waals surface area (Å²) in [6, 6.07) is 0. The van der Waals surface area contributed by atoms with Crippen molar-refractivity contribution in [1.82, 2.24) is 9.78 Å². The minimum Gasteiger partial charge on any atom is -0.394 e. The van der Waals surface area contributed by atoms with E-state index >= 15 is 0 Å². The van der Waals surface area contributed by atoms with Gasteiger partial charge in [-0.1, -0.05) is 13.3 Å². The Hall–Kier alpha value is -1.23. The number of hydrogen-bond acceptors (Lipinski definition) is 4. The number of aliphatic hydroxyl groups is 1. The van der Waals surface area contributed by atoms with Crippen molar-refractivity contribution < 1.29 is 5.11 Å². The molecule has 96 valence electrons. The van der Waals surface area contributed by atoms with E-state index in [1.807, 2.05) is 14.0 Å². The van der Waals surface area contributed by atoms with E-state index in [1.165, 1.54) is 0 Å². The third-order valence-corrected chi connectivity index (χ3v) is 3.65. The number of hydrogen-bond donors (Lipinski definition) is 3. The molecule has 1 heterocycles. The van der Waals surface area contributed by atoms with Gasteiger partial charge < -0.3 is 16.2 Å². The van der Waals surface area contributed by atoms with E-state index in [-0.39, 0.29) is 6.10 Å². The highest BCUT2D eigenvalue weighted by Gasteiger charge is 2.25. The molecule has 1 aromatic heterocycles. The molecule has 1 aliphatic rings. The summed E-state index contributed by atoms with van der Waals surface area (Å²) in [4.78, 5) is 0. The van der Waals surface area contributed by atoms with Crippen LogP contribution in [0.25, 0.3) is 0 Å². The summed E-state index contributed by atoms with van der Waals surface area (Å²) >= 11 is 0. The Labute approximate surface area is 102 Å².